The molecule has 0 saturated carbocycles. The molecule has 3 N–H and O–H groups in total. The molecular weight excluding hydrogens is 282 g/mol. The highest BCUT2D eigenvalue weighted by Crippen LogP contribution is 2.22. The zero-order valence-corrected chi connectivity index (χ0v) is 12.6. The zero-order valence-electron chi connectivity index (χ0n) is 12.6. The molecule has 1 aromatic heterocycles. The Hall–Kier alpha value is -2.70. The van der Waals surface area contributed by atoms with Crippen LogP contribution in [0.15, 0.2) is 18.2 Å². The number of rotatable bonds is 3. The summed E-state index contributed by atoms with van der Waals surface area (Å²) in [6.45, 7) is 5.06. The maximum absolute atomic E-state index is 11.4. The van der Waals surface area contributed by atoms with Crippen molar-refractivity contribution in [3.63, 3.8) is 0 Å². The number of aromatic nitrogens is 2. The van der Waals surface area contributed by atoms with Crippen molar-refractivity contribution in [2.75, 3.05) is 18.5 Å². The first-order valence-corrected chi connectivity index (χ1v) is 7.24. The van der Waals surface area contributed by atoms with Gasteiger partial charge in [0.1, 0.15) is 5.75 Å². The molecule has 3 rings (SSSR count). The van der Waals surface area contributed by atoms with Gasteiger partial charge in [-0.15, -0.1) is 0 Å². The van der Waals surface area contributed by atoms with Gasteiger partial charge in [-0.3, -0.25) is 9.79 Å². The number of amides is 1. The maximum atomic E-state index is 11.4. The average molecular weight is 300 g/mol. The molecule has 1 aliphatic rings. The number of carbonyl (C=O) groups excluding carboxylic acids is 1. The Bertz CT molecular complexity index is 757. The fourth-order valence-electron chi connectivity index (χ4n) is 2.31. The minimum absolute atomic E-state index is 0.0302. The molecule has 7 heteroatoms. The molecule has 0 bridgehead atoms. The summed E-state index contributed by atoms with van der Waals surface area (Å²) in [7, 11) is 0. The summed E-state index contributed by atoms with van der Waals surface area (Å²) in [5.41, 5.74) is 1.65. The van der Waals surface area contributed by atoms with Crippen molar-refractivity contribution in [1.82, 2.24) is 15.3 Å². The van der Waals surface area contributed by atoms with E-state index >= 15 is 0 Å². The number of carbonyl (C=O) groups is 1. The summed E-state index contributed by atoms with van der Waals surface area (Å²) < 4.78 is 5.50. The predicted octanol–water partition coefficient (Wildman–Crippen LogP) is -0.295. The smallest absolute Gasteiger partial charge is 0.358 e. The molecule has 0 radical (unpaired) electrons. The molecule has 0 aliphatic carbocycles. The van der Waals surface area contributed by atoms with Crippen LogP contribution < -0.4 is 20.4 Å². The third-order valence-electron chi connectivity index (χ3n) is 3.33. The van der Waals surface area contributed by atoms with Gasteiger partial charge in [0.2, 0.25) is 0 Å². The molecular formula is C15H18N5O2+. The zero-order chi connectivity index (χ0) is 15.5. The Labute approximate surface area is 127 Å². The van der Waals surface area contributed by atoms with Gasteiger partial charge in [0.15, 0.2) is 0 Å². The number of anilines is 1. The Morgan fingerprint density at radius 2 is 2.27 bits per heavy atom. The number of aryl methyl sites for hydroxylation is 1. The van der Waals surface area contributed by atoms with Crippen LogP contribution in [0.4, 0.5) is 5.95 Å². The van der Waals surface area contributed by atoms with Gasteiger partial charge in [0, 0.05) is 11.5 Å². The lowest BCUT2D eigenvalue weighted by Gasteiger charge is -2.09. The Kier molecular flexibility index (Phi) is 3.86. The third kappa shape index (κ3) is 2.98. The van der Waals surface area contributed by atoms with Crippen LogP contribution in [0.2, 0.25) is 0 Å². The van der Waals surface area contributed by atoms with E-state index in [0.29, 0.717) is 31.5 Å². The molecule has 2 aromatic rings. The van der Waals surface area contributed by atoms with E-state index in [1.165, 1.54) is 0 Å². The van der Waals surface area contributed by atoms with Gasteiger partial charge in [-0.1, -0.05) is 0 Å². The van der Waals surface area contributed by atoms with Gasteiger partial charge < -0.3 is 4.74 Å². The molecule has 1 aromatic carbocycles. The standard InChI is InChI=1S/C15H17N5O2/c1-3-22-10-4-5-11-9(2)17-15(18-12(11)8-10)20-14-16-7-6-13(21)19-14/h4-5,8H,3,6-7H2,1-2H3,(H2,16,17,18,19,20,21)/p+1. The lowest BCUT2D eigenvalue weighted by Crippen LogP contribution is -2.81. The summed E-state index contributed by atoms with van der Waals surface area (Å²) in [6, 6.07) is 5.75. The van der Waals surface area contributed by atoms with Crippen molar-refractivity contribution < 1.29 is 14.5 Å². The highest BCUT2D eigenvalue weighted by Gasteiger charge is 2.19. The number of nitrogens with zero attached hydrogens (tertiary/aromatic N) is 2. The van der Waals surface area contributed by atoms with Crippen LogP contribution in [-0.2, 0) is 4.79 Å². The first-order valence-electron chi connectivity index (χ1n) is 7.24. The van der Waals surface area contributed by atoms with Crippen LogP contribution in [0.5, 0.6) is 5.75 Å². The monoisotopic (exact) mass is 300 g/mol. The molecule has 2 heterocycles. The maximum Gasteiger partial charge on any atom is 0.358 e. The van der Waals surface area contributed by atoms with Gasteiger partial charge in [-0.05, 0) is 26.0 Å². The van der Waals surface area contributed by atoms with Gasteiger partial charge in [-0.2, -0.15) is 4.98 Å². The largest absolute Gasteiger partial charge is 0.494 e. The molecule has 114 valence electrons. The SMILES string of the molecule is CCOc1ccc2c(C)nc(NC3=[NH+]CCC(=O)N3)nc2c1. The fraction of sp³-hybridized carbons (Fsp3) is 0.333. The lowest BCUT2D eigenvalue weighted by molar-refractivity contribution is -0.460. The second-order valence-electron chi connectivity index (χ2n) is 4.97. The van der Waals surface area contributed by atoms with Crippen LogP contribution in [-0.4, -0.2) is 35.0 Å². The topological polar surface area (TPSA) is 90.1 Å². The fourth-order valence-corrected chi connectivity index (χ4v) is 2.31. The van der Waals surface area contributed by atoms with Gasteiger partial charge in [0.05, 0.1) is 30.8 Å². The number of hydrogen-bond donors (Lipinski definition) is 3. The minimum Gasteiger partial charge on any atom is -0.494 e. The van der Waals surface area contributed by atoms with E-state index in [-0.39, 0.29) is 5.91 Å². The summed E-state index contributed by atoms with van der Waals surface area (Å²) in [5.74, 6) is 1.69. The molecule has 0 unspecified atom stereocenters. The van der Waals surface area contributed by atoms with Crippen molar-refractivity contribution in [3.05, 3.63) is 23.9 Å². The number of hydrogen-bond acceptors (Lipinski definition) is 5. The Morgan fingerprint density at radius 3 is 3.05 bits per heavy atom. The second-order valence-corrected chi connectivity index (χ2v) is 4.97. The number of fused-ring (bicyclic) bond motifs is 1. The van der Waals surface area contributed by atoms with Gasteiger partial charge in [-0.25, -0.2) is 15.6 Å². The van der Waals surface area contributed by atoms with Crippen molar-refractivity contribution in [3.8, 4) is 5.75 Å². The molecule has 22 heavy (non-hydrogen) atoms. The van der Waals surface area contributed by atoms with Crippen molar-refractivity contribution >= 4 is 28.7 Å². The van der Waals surface area contributed by atoms with Crippen LogP contribution in [0.25, 0.3) is 10.9 Å². The number of nitrogens with one attached hydrogen (secondary N) is 3. The minimum atomic E-state index is -0.0302. The van der Waals surface area contributed by atoms with Crippen molar-refractivity contribution in [2.24, 2.45) is 0 Å². The first-order chi connectivity index (χ1) is 10.7. The van der Waals surface area contributed by atoms with E-state index in [1.807, 2.05) is 32.0 Å². The Balaban J connectivity index is 1.93. The lowest BCUT2D eigenvalue weighted by atomic mass is 10.2. The number of guanidine groups is 1. The van der Waals surface area contributed by atoms with E-state index in [4.69, 9.17) is 4.74 Å². The third-order valence-corrected chi connectivity index (χ3v) is 3.33. The summed E-state index contributed by atoms with van der Waals surface area (Å²) in [4.78, 5) is 23.4. The number of benzene rings is 1. The first kappa shape index (κ1) is 14.2. The second kappa shape index (κ2) is 5.97. The summed E-state index contributed by atoms with van der Waals surface area (Å²) in [6.07, 6.45) is 0.459. The van der Waals surface area contributed by atoms with E-state index in [1.54, 1.807) is 0 Å². The van der Waals surface area contributed by atoms with Crippen molar-refractivity contribution in [1.29, 1.82) is 0 Å². The molecule has 0 saturated heterocycles. The van der Waals surface area contributed by atoms with Crippen molar-refractivity contribution in [2.45, 2.75) is 20.3 Å². The van der Waals surface area contributed by atoms with Crippen LogP contribution in [0.1, 0.15) is 19.0 Å². The molecule has 1 aliphatic heterocycles. The van der Waals surface area contributed by atoms with Crippen LogP contribution in [0, 0.1) is 6.92 Å². The summed E-state index contributed by atoms with van der Waals surface area (Å²) >= 11 is 0. The molecule has 0 atom stereocenters. The Morgan fingerprint density at radius 1 is 1.41 bits per heavy atom. The highest BCUT2D eigenvalue weighted by molar-refractivity contribution is 6.01. The normalized spacial score (nSPS) is 14.5. The van der Waals surface area contributed by atoms with Gasteiger partial charge >= 0.3 is 5.96 Å². The highest BCUT2D eigenvalue weighted by atomic mass is 16.5. The van der Waals surface area contributed by atoms with E-state index in [2.05, 4.69) is 25.6 Å². The molecule has 0 fully saturated rings. The van der Waals surface area contributed by atoms with E-state index in [0.717, 1.165) is 22.3 Å². The van der Waals surface area contributed by atoms with Crippen LogP contribution in [0.3, 0.4) is 0 Å². The average Bonchev–Trinajstić information content (AvgIpc) is 2.47. The predicted molar refractivity (Wildman–Crippen MR) is 82.7 cm³/mol. The molecule has 7 nitrogen and oxygen atoms in total. The quantitative estimate of drug-likeness (QED) is 0.724. The summed E-state index contributed by atoms with van der Waals surface area (Å²) in [5, 5.41) is 6.69. The van der Waals surface area contributed by atoms with E-state index in [9.17, 15) is 4.79 Å². The van der Waals surface area contributed by atoms with Gasteiger partial charge in [0.25, 0.3) is 11.9 Å². The van der Waals surface area contributed by atoms with Crippen LogP contribution >= 0.6 is 0 Å². The molecule has 1 amide bonds. The molecule has 0 spiro atoms. The number of ether oxygens (including phenoxy) is 1. The van der Waals surface area contributed by atoms with E-state index < -0.39 is 0 Å².